The molecule has 6 heterocycles. The van der Waals surface area contributed by atoms with E-state index in [1.54, 1.807) is 49.9 Å². The van der Waals surface area contributed by atoms with Crippen LogP contribution in [0.2, 0.25) is 0 Å². The molecule has 18 nitrogen and oxygen atoms in total. The smallest absolute Gasteiger partial charge is 0.341 e. The average molecular weight is 1170 g/mol. The van der Waals surface area contributed by atoms with Crippen molar-refractivity contribution in [2.24, 2.45) is 10.8 Å². The van der Waals surface area contributed by atoms with E-state index in [2.05, 4.69) is 42.5 Å². The molecule has 2 saturated heterocycles. The van der Waals surface area contributed by atoms with Gasteiger partial charge in [0.25, 0.3) is 0 Å². The monoisotopic (exact) mass is 1170 g/mol. The lowest BCUT2D eigenvalue weighted by molar-refractivity contribution is -0.141. The first-order valence-electron chi connectivity index (χ1n) is 28.3. The fourth-order valence-corrected chi connectivity index (χ4v) is 11.3. The number of amides is 4. The average Bonchev–Trinajstić information content (AvgIpc) is 4.53. The Labute approximate surface area is 493 Å². The minimum atomic E-state index is -0.787. The minimum Gasteiger partial charge on any atom is -0.465 e. The third-order valence-corrected chi connectivity index (χ3v) is 16.1. The van der Waals surface area contributed by atoms with Crippen molar-refractivity contribution in [3.8, 4) is 22.6 Å². The number of hydrogen-bond donors (Lipinski definition) is 4. The minimum absolute atomic E-state index is 0. The van der Waals surface area contributed by atoms with Gasteiger partial charge in [-0.05, 0) is 102 Å². The molecule has 2 aromatic carbocycles. The number of ether oxygens (including phenoxy) is 2. The molecule has 6 aromatic rings. The number of methoxy groups -OCH3 is 2. The fraction of sp³-hybridized carbons (Fsp3) is 0.516. The Bertz CT molecular complexity index is 3020. The van der Waals surface area contributed by atoms with E-state index in [-0.39, 0.29) is 59.6 Å². The summed E-state index contributed by atoms with van der Waals surface area (Å²) in [6, 6.07) is 16.1. The van der Waals surface area contributed by atoms with Crippen LogP contribution in [0.15, 0.2) is 81.9 Å². The standard InChI is InChI=1S/C62H82N8O10.2ClH/c1-37(63-9)55(71)65-53(61(3,4)5)57(73)69-31-21-27-47(69)49-33-41(59(75)77-11)51(79-49)43-35-67(45-25-17-15-23-39(43)45)29-19-13-14-20-30-68-36-44(40-24-16-18-26-46(40)68)52-42(60(76)78-12)34-50(80-52)48-28-22-32-70(48)58(74)54(62(6,7)8)66-56(72)38(2)64-10;;/h15-18,23-26,33-38,47-48,53-54,63-64H,13-14,19-22,27-32H2,1-12H3,(H,65,71)(H,66,72);2*1H/t37-,38-,47-,48-,53+,54+;;/m0../s1. The van der Waals surface area contributed by atoms with Crippen molar-refractivity contribution in [1.82, 2.24) is 40.2 Å². The Morgan fingerprint density at radius 2 is 0.951 bits per heavy atom. The molecule has 4 N–H and O–H groups in total. The van der Waals surface area contributed by atoms with Gasteiger partial charge in [0.15, 0.2) is 11.5 Å². The number of fused-ring (bicyclic) bond motifs is 2. The third-order valence-electron chi connectivity index (χ3n) is 16.1. The maximum absolute atomic E-state index is 14.4. The van der Waals surface area contributed by atoms with E-state index in [0.29, 0.717) is 49.0 Å². The van der Waals surface area contributed by atoms with E-state index in [1.165, 1.54) is 14.2 Å². The van der Waals surface area contributed by atoms with Crippen molar-refractivity contribution >= 4 is 82.2 Å². The van der Waals surface area contributed by atoms with E-state index < -0.39 is 59.0 Å². The number of nitrogens with zero attached hydrogens (tertiary/aromatic N) is 4. The van der Waals surface area contributed by atoms with E-state index in [9.17, 15) is 28.8 Å². The molecular formula is C62H84Cl2N8O10. The first kappa shape index (κ1) is 64.6. The first-order valence-corrected chi connectivity index (χ1v) is 28.3. The molecule has 2 aliphatic rings. The first-order chi connectivity index (χ1) is 38.1. The molecule has 0 unspecified atom stereocenters. The van der Waals surface area contributed by atoms with Gasteiger partial charge >= 0.3 is 11.9 Å². The predicted octanol–water partition coefficient (Wildman–Crippen LogP) is 10.4. The number of esters is 2. The highest BCUT2D eigenvalue weighted by Gasteiger charge is 2.44. The van der Waals surface area contributed by atoms with Crippen LogP contribution in [0, 0.1) is 10.8 Å². The van der Waals surface area contributed by atoms with E-state index >= 15 is 0 Å². The lowest BCUT2D eigenvalue weighted by Crippen LogP contribution is -2.57. The third kappa shape index (κ3) is 13.6. The second kappa shape index (κ2) is 27.2. The molecule has 82 heavy (non-hydrogen) atoms. The highest BCUT2D eigenvalue weighted by Crippen LogP contribution is 2.44. The molecule has 0 spiro atoms. The number of carbonyl (C=O) groups is 6. The maximum Gasteiger partial charge on any atom is 0.341 e. The van der Waals surface area contributed by atoms with Crippen molar-refractivity contribution in [3.05, 3.63) is 95.7 Å². The number of benzene rings is 2. The maximum atomic E-state index is 14.4. The van der Waals surface area contributed by atoms with Crippen LogP contribution in [-0.2, 0) is 41.7 Å². The number of furan rings is 2. The zero-order valence-electron chi connectivity index (χ0n) is 49.6. The Morgan fingerprint density at radius 3 is 1.29 bits per heavy atom. The Morgan fingerprint density at radius 1 is 0.585 bits per heavy atom. The highest BCUT2D eigenvalue weighted by atomic mass is 35.5. The molecule has 446 valence electrons. The van der Waals surface area contributed by atoms with Crippen molar-refractivity contribution in [1.29, 1.82) is 0 Å². The second-order valence-electron chi connectivity index (χ2n) is 23.7. The number of aryl methyl sites for hydroxylation is 2. The molecule has 0 saturated carbocycles. The molecule has 8 rings (SSSR count). The number of likely N-dealkylation sites (N-methyl/N-ethyl adjacent to an activating group) is 2. The molecule has 0 radical (unpaired) electrons. The summed E-state index contributed by atoms with van der Waals surface area (Å²) < 4.78 is 28.4. The van der Waals surface area contributed by atoms with Crippen molar-refractivity contribution in [2.45, 2.75) is 156 Å². The van der Waals surface area contributed by atoms with Gasteiger partial charge in [-0.3, -0.25) is 19.2 Å². The number of halogens is 2. The van der Waals surface area contributed by atoms with Gasteiger partial charge in [-0.15, -0.1) is 24.8 Å². The van der Waals surface area contributed by atoms with Crippen molar-refractivity contribution < 1.29 is 47.1 Å². The van der Waals surface area contributed by atoms with Crippen LogP contribution in [0.5, 0.6) is 0 Å². The van der Waals surface area contributed by atoms with Crippen LogP contribution in [0.3, 0.4) is 0 Å². The number of likely N-dealkylation sites (tertiary alicyclic amines) is 2. The molecule has 4 amide bonds. The van der Waals surface area contributed by atoms with Gasteiger partial charge in [0, 0.05) is 71.5 Å². The van der Waals surface area contributed by atoms with Gasteiger partial charge in [0.2, 0.25) is 23.6 Å². The number of aromatic nitrogens is 2. The summed E-state index contributed by atoms with van der Waals surface area (Å²) in [5.74, 6) is -0.262. The number of para-hydroxylation sites is 2. The van der Waals surface area contributed by atoms with Crippen molar-refractivity contribution in [3.63, 3.8) is 0 Å². The number of rotatable bonds is 21. The Balaban J connectivity index is 0.00000541. The van der Waals surface area contributed by atoms with Gasteiger partial charge in [-0.25, -0.2) is 9.59 Å². The van der Waals surface area contributed by atoms with Gasteiger partial charge in [-0.1, -0.05) is 90.8 Å². The highest BCUT2D eigenvalue weighted by molar-refractivity contribution is 6.04. The summed E-state index contributed by atoms with van der Waals surface area (Å²) in [7, 11) is 6.10. The second-order valence-corrected chi connectivity index (χ2v) is 23.7. The summed E-state index contributed by atoms with van der Waals surface area (Å²) in [5.41, 5.74) is 2.90. The van der Waals surface area contributed by atoms with Gasteiger partial charge in [0.05, 0.1) is 38.4 Å². The van der Waals surface area contributed by atoms with Gasteiger partial charge in [0.1, 0.15) is 34.7 Å². The molecule has 2 fully saturated rings. The van der Waals surface area contributed by atoms with Gasteiger partial charge in [-0.2, -0.15) is 0 Å². The summed E-state index contributed by atoms with van der Waals surface area (Å²) in [5, 5.41) is 13.7. The number of hydrogen-bond acceptors (Lipinski definition) is 12. The lowest BCUT2D eigenvalue weighted by atomic mass is 9.85. The van der Waals surface area contributed by atoms with E-state index in [0.717, 1.165) is 84.5 Å². The van der Waals surface area contributed by atoms with E-state index in [4.69, 9.17) is 18.3 Å². The molecular weight excluding hydrogens is 1090 g/mol. The van der Waals surface area contributed by atoms with Crippen LogP contribution >= 0.6 is 24.8 Å². The molecule has 0 bridgehead atoms. The van der Waals surface area contributed by atoms with Crippen LogP contribution in [0.4, 0.5) is 0 Å². The molecule has 20 heteroatoms. The van der Waals surface area contributed by atoms with E-state index in [1.807, 2.05) is 90.3 Å². The predicted molar refractivity (Wildman–Crippen MR) is 322 cm³/mol. The number of unbranched alkanes of at least 4 members (excludes halogenated alkanes) is 3. The summed E-state index contributed by atoms with van der Waals surface area (Å²) in [6.07, 6.45) is 10.5. The van der Waals surface area contributed by atoms with Gasteiger partial charge < -0.3 is 58.5 Å². The largest absolute Gasteiger partial charge is 0.465 e. The van der Waals surface area contributed by atoms with Crippen LogP contribution < -0.4 is 21.3 Å². The SMILES string of the molecule is CN[C@@H](C)C(=O)N[C@H](C(=O)N1CCC[C@H]1c1cc(C(=O)OC)c(-c2cn(CCCCCCn3cc(-c4oc([C@@H]5CCCN5C(=O)[C@@H](NC(=O)[C@H](C)NC)C(C)(C)C)cc4C(=O)OC)c4ccccc43)c3ccccc23)o1)C(C)(C)C.Cl.Cl. The molecule has 0 aliphatic carbocycles. The fourth-order valence-electron chi connectivity index (χ4n) is 11.3. The van der Waals surface area contributed by atoms with Crippen molar-refractivity contribution in [2.75, 3.05) is 41.4 Å². The lowest BCUT2D eigenvalue weighted by Gasteiger charge is -2.35. The van der Waals surface area contributed by atoms with Crippen LogP contribution in [0.1, 0.15) is 151 Å². The zero-order chi connectivity index (χ0) is 57.8. The molecule has 6 atom stereocenters. The van der Waals surface area contributed by atoms with Crippen LogP contribution in [-0.4, -0.2) is 120 Å². The normalized spacial score (nSPS) is 17.0. The number of carbonyl (C=O) groups excluding carboxylic acids is 6. The number of nitrogens with one attached hydrogen (secondary N) is 4. The molecule has 4 aromatic heterocycles. The Hall–Kier alpha value is -6.60. The quantitative estimate of drug-likeness (QED) is 0.0392. The summed E-state index contributed by atoms with van der Waals surface area (Å²) >= 11 is 0. The summed E-state index contributed by atoms with van der Waals surface area (Å²) in [6.45, 7) is 17.5. The zero-order valence-corrected chi connectivity index (χ0v) is 51.2. The molecule has 2 aliphatic heterocycles. The van der Waals surface area contributed by atoms with Crippen LogP contribution in [0.25, 0.3) is 44.5 Å². The summed E-state index contributed by atoms with van der Waals surface area (Å²) in [4.78, 5) is 85.5. The Kier molecular flexibility index (Phi) is 21.4. The topological polar surface area (TPSA) is 212 Å².